The van der Waals surface area contributed by atoms with Crippen LogP contribution in [0.5, 0.6) is 11.5 Å². The molecule has 8 nitrogen and oxygen atoms in total. The monoisotopic (exact) mass is 302 g/mol. The van der Waals surface area contributed by atoms with Gasteiger partial charge in [0.2, 0.25) is 11.9 Å². The molecule has 2 heterocycles. The van der Waals surface area contributed by atoms with Gasteiger partial charge in [-0.2, -0.15) is 4.98 Å². The van der Waals surface area contributed by atoms with Crippen LogP contribution in [0.25, 0.3) is 0 Å². The number of nitrogens with zero attached hydrogens (tertiary/aromatic N) is 3. The maximum atomic E-state index is 11.1. The number of carbonyl (C=O) groups is 1. The Morgan fingerprint density at radius 3 is 2.55 bits per heavy atom. The molecule has 0 atom stereocenters. The summed E-state index contributed by atoms with van der Waals surface area (Å²) in [4.78, 5) is 23.0. The van der Waals surface area contributed by atoms with Crippen LogP contribution in [0, 0.1) is 0 Å². The number of hydrogen-bond donors (Lipinski definition) is 3. The first kappa shape index (κ1) is 15.5. The molecule has 0 unspecified atom stereocenters. The zero-order valence-corrected chi connectivity index (χ0v) is 12.6. The van der Waals surface area contributed by atoms with Crippen molar-refractivity contribution in [1.82, 2.24) is 15.0 Å². The van der Waals surface area contributed by atoms with Crippen molar-refractivity contribution in [3.05, 3.63) is 24.0 Å². The molecule has 2 aromatic rings. The summed E-state index contributed by atoms with van der Waals surface area (Å²) in [6.45, 7) is 5.42. The number of nitrogens with one attached hydrogen (secondary N) is 1. The Hall–Kier alpha value is -2.90. The molecule has 2 rings (SSSR count). The van der Waals surface area contributed by atoms with Gasteiger partial charge >= 0.3 is 0 Å². The van der Waals surface area contributed by atoms with E-state index < -0.39 is 0 Å². The molecular weight excluding hydrogens is 284 g/mol. The molecule has 0 aliphatic carbocycles. The summed E-state index contributed by atoms with van der Waals surface area (Å²) in [5, 5.41) is 2.61. The van der Waals surface area contributed by atoms with Crippen LogP contribution >= 0.6 is 0 Å². The quantitative estimate of drug-likeness (QED) is 0.786. The number of amides is 1. The van der Waals surface area contributed by atoms with E-state index in [4.69, 9.17) is 16.2 Å². The Kier molecular flexibility index (Phi) is 4.40. The molecular formula is C14H18N6O2. The van der Waals surface area contributed by atoms with Crippen LogP contribution in [0.1, 0.15) is 32.3 Å². The second-order valence-corrected chi connectivity index (χ2v) is 5.02. The first-order valence-corrected chi connectivity index (χ1v) is 6.70. The lowest BCUT2D eigenvalue weighted by Gasteiger charge is -2.15. The number of rotatable bonds is 4. The SMILES string of the molecule is CC(=O)Nc1cc(Oc2cnc(N)nc2N)c(C(C)C)cn1. The molecule has 5 N–H and O–H groups in total. The average Bonchev–Trinajstić information content (AvgIpc) is 2.41. The number of nitrogens with two attached hydrogens (primary N) is 2. The molecule has 0 saturated carbocycles. The fraction of sp³-hybridized carbons (Fsp3) is 0.286. The lowest BCUT2D eigenvalue weighted by molar-refractivity contribution is -0.114. The third-order valence-electron chi connectivity index (χ3n) is 2.84. The van der Waals surface area contributed by atoms with Crippen molar-refractivity contribution < 1.29 is 9.53 Å². The largest absolute Gasteiger partial charge is 0.451 e. The van der Waals surface area contributed by atoms with Gasteiger partial charge in [-0.15, -0.1) is 0 Å². The fourth-order valence-electron chi connectivity index (χ4n) is 1.81. The summed E-state index contributed by atoms with van der Waals surface area (Å²) in [5.74, 6) is 1.37. The van der Waals surface area contributed by atoms with Crippen molar-refractivity contribution in [2.45, 2.75) is 26.7 Å². The highest BCUT2D eigenvalue weighted by Crippen LogP contribution is 2.33. The molecule has 1 amide bonds. The van der Waals surface area contributed by atoms with Gasteiger partial charge in [-0.1, -0.05) is 13.8 Å². The van der Waals surface area contributed by atoms with E-state index in [2.05, 4.69) is 20.3 Å². The summed E-state index contributed by atoms with van der Waals surface area (Å²) >= 11 is 0. The Balaban J connectivity index is 2.39. The zero-order chi connectivity index (χ0) is 16.3. The zero-order valence-electron chi connectivity index (χ0n) is 12.6. The molecule has 0 aliphatic heterocycles. The smallest absolute Gasteiger partial charge is 0.222 e. The summed E-state index contributed by atoms with van der Waals surface area (Å²) in [6, 6.07) is 1.63. The number of pyridine rings is 1. The highest BCUT2D eigenvalue weighted by atomic mass is 16.5. The standard InChI is InChI=1S/C14H18N6O2/c1-7(2)9-5-17-12(19-8(3)21)4-10(9)22-11-6-18-14(16)20-13(11)15/h4-7H,1-3H3,(H,17,19,21)(H4,15,16,18,20). The highest BCUT2D eigenvalue weighted by molar-refractivity contribution is 5.87. The summed E-state index contributed by atoms with van der Waals surface area (Å²) in [7, 11) is 0. The summed E-state index contributed by atoms with van der Waals surface area (Å²) < 4.78 is 5.78. The molecule has 0 saturated heterocycles. The van der Waals surface area contributed by atoms with Crippen LogP contribution in [0.4, 0.5) is 17.6 Å². The number of carbonyl (C=O) groups excluding carboxylic acids is 1. The minimum atomic E-state index is -0.217. The molecule has 22 heavy (non-hydrogen) atoms. The van der Waals surface area contributed by atoms with Crippen molar-refractivity contribution in [2.24, 2.45) is 0 Å². The van der Waals surface area contributed by atoms with Gasteiger partial charge in [-0.3, -0.25) is 4.79 Å². The number of aromatic nitrogens is 3. The van der Waals surface area contributed by atoms with E-state index >= 15 is 0 Å². The van der Waals surface area contributed by atoms with Crippen LogP contribution in [0.2, 0.25) is 0 Å². The van der Waals surface area contributed by atoms with Gasteiger partial charge < -0.3 is 21.5 Å². The van der Waals surface area contributed by atoms with Crippen LogP contribution in [-0.2, 0) is 4.79 Å². The predicted octanol–water partition coefficient (Wildman–Crippen LogP) is 1.91. The number of hydrogen-bond acceptors (Lipinski definition) is 7. The summed E-state index contributed by atoms with van der Waals surface area (Å²) in [6.07, 6.45) is 3.06. The topological polar surface area (TPSA) is 129 Å². The molecule has 0 spiro atoms. The summed E-state index contributed by atoms with van der Waals surface area (Å²) in [5.41, 5.74) is 12.1. The first-order chi connectivity index (χ1) is 10.4. The molecule has 0 aromatic carbocycles. The van der Waals surface area contributed by atoms with Gasteiger partial charge in [0.25, 0.3) is 0 Å². The Morgan fingerprint density at radius 2 is 1.95 bits per heavy atom. The lowest BCUT2D eigenvalue weighted by Crippen LogP contribution is -2.08. The van der Waals surface area contributed by atoms with Crippen molar-refractivity contribution in [3.8, 4) is 11.5 Å². The van der Waals surface area contributed by atoms with Gasteiger partial charge in [-0.05, 0) is 5.92 Å². The van der Waals surface area contributed by atoms with Gasteiger partial charge in [0.05, 0.1) is 6.20 Å². The van der Waals surface area contributed by atoms with Crippen LogP contribution < -0.4 is 21.5 Å². The second kappa shape index (κ2) is 6.25. The maximum absolute atomic E-state index is 11.1. The third kappa shape index (κ3) is 3.60. The van der Waals surface area contributed by atoms with E-state index in [1.807, 2.05) is 13.8 Å². The molecule has 116 valence electrons. The van der Waals surface area contributed by atoms with Crippen molar-refractivity contribution in [3.63, 3.8) is 0 Å². The lowest BCUT2D eigenvalue weighted by atomic mass is 10.0. The molecule has 0 radical (unpaired) electrons. The van der Waals surface area contributed by atoms with Gasteiger partial charge in [0.15, 0.2) is 11.6 Å². The predicted molar refractivity (Wildman–Crippen MR) is 83.6 cm³/mol. The van der Waals surface area contributed by atoms with E-state index in [0.29, 0.717) is 11.6 Å². The van der Waals surface area contributed by atoms with E-state index in [1.165, 1.54) is 13.1 Å². The number of anilines is 3. The van der Waals surface area contributed by atoms with E-state index in [0.717, 1.165) is 5.56 Å². The van der Waals surface area contributed by atoms with Crippen molar-refractivity contribution in [1.29, 1.82) is 0 Å². The Morgan fingerprint density at radius 1 is 1.23 bits per heavy atom. The number of ether oxygens (including phenoxy) is 1. The molecule has 0 fully saturated rings. The maximum Gasteiger partial charge on any atom is 0.222 e. The van der Waals surface area contributed by atoms with Crippen LogP contribution in [0.3, 0.4) is 0 Å². The Bertz CT molecular complexity index is 702. The fourth-order valence-corrected chi connectivity index (χ4v) is 1.81. The first-order valence-electron chi connectivity index (χ1n) is 6.70. The minimum Gasteiger partial charge on any atom is -0.451 e. The second-order valence-electron chi connectivity index (χ2n) is 5.02. The van der Waals surface area contributed by atoms with E-state index in [-0.39, 0.29) is 29.3 Å². The third-order valence-corrected chi connectivity index (χ3v) is 2.84. The van der Waals surface area contributed by atoms with Crippen molar-refractivity contribution in [2.75, 3.05) is 16.8 Å². The van der Waals surface area contributed by atoms with Crippen LogP contribution in [-0.4, -0.2) is 20.9 Å². The minimum absolute atomic E-state index is 0.0718. The van der Waals surface area contributed by atoms with E-state index in [1.54, 1.807) is 12.3 Å². The van der Waals surface area contributed by atoms with E-state index in [9.17, 15) is 4.79 Å². The molecule has 2 aromatic heterocycles. The van der Waals surface area contributed by atoms with Gasteiger partial charge in [-0.25, -0.2) is 9.97 Å². The van der Waals surface area contributed by atoms with Crippen molar-refractivity contribution >= 4 is 23.5 Å². The van der Waals surface area contributed by atoms with Crippen LogP contribution in [0.15, 0.2) is 18.5 Å². The van der Waals surface area contributed by atoms with Gasteiger partial charge in [0.1, 0.15) is 11.6 Å². The average molecular weight is 302 g/mol. The number of nitrogen functional groups attached to an aromatic ring is 2. The molecule has 0 aliphatic rings. The Labute approximate surface area is 127 Å². The molecule has 0 bridgehead atoms. The molecule has 8 heteroatoms. The van der Waals surface area contributed by atoms with Gasteiger partial charge in [0, 0.05) is 24.8 Å². The normalized spacial score (nSPS) is 10.5. The highest BCUT2D eigenvalue weighted by Gasteiger charge is 2.14.